The molecule has 0 spiro atoms. The minimum absolute atomic E-state index is 0.0433. The van der Waals surface area contributed by atoms with Gasteiger partial charge in [0.25, 0.3) is 17.7 Å². The molecule has 12 heteroatoms. The van der Waals surface area contributed by atoms with Gasteiger partial charge in [0.2, 0.25) is 11.8 Å². The fraction of sp³-hybridized carbons (Fsp3) is 0.381. The molecular formula is C21H22ClF2N5O4. The van der Waals surface area contributed by atoms with E-state index in [9.17, 15) is 23.2 Å². The Hall–Kier alpha value is -3.34. The van der Waals surface area contributed by atoms with Crippen molar-refractivity contribution < 1.29 is 27.9 Å². The van der Waals surface area contributed by atoms with E-state index >= 15 is 0 Å². The van der Waals surface area contributed by atoms with Crippen molar-refractivity contribution >= 4 is 29.3 Å². The maximum absolute atomic E-state index is 13.0. The molecule has 2 N–H and O–H groups in total. The predicted molar refractivity (Wildman–Crippen MR) is 114 cm³/mol. The van der Waals surface area contributed by atoms with E-state index in [-0.39, 0.29) is 54.6 Å². The van der Waals surface area contributed by atoms with Crippen LogP contribution in [0.25, 0.3) is 0 Å². The van der Waals surface area contributed by atoms with E-state index < -0.39 is 18.4 Å². The van der Waals surface area contributed by atoms with Crippen LogP contribution in [0.15, 0.2) is 24.5 Å². The molecule has 9 nitrogen and oxygen atoms in total. The molecule has 33 heavy (non-hydrogen) atoms. The van der Waals surface area contributed by atoms with Crippen LogP contribution >= 0.6 is 11.6 Å². The van der Waals surface area contributed by atoms with Gasteiger partial charge < -0.3 is 20.3 Å². The van der Waals surface area contributed by atoms with Gasteiger partial charge >= 0.3 is 0 Å². The summed E-state index contributed by atoms with van der Waals surface area (Å²) in [6.45, 7) is 2.00. The van der Waals surface area contributed by atoms with Gasteiger partial charge in [-0.15, -0.1) is 0 Å². The van der Waals surface area contributed by atoms with Crippen molar-refractivity contribution in [2.24, 2.45) is 0 Å². The lowest BCUT2D eigenvalue weighted by Crippen LogP contribution is -2.34. The van der Waals surface area contributed by atoms with E-state index in [1.54, 1.807) is 6.07 Å². The van der Waals surface area contributed by atoms with Crippen molar-refractivity contribution in [3.05, 3.63) is 51.9 Å². The van der Waals surface area contributed by atoms with Crippen LogP contribution in [0.2, 0.25) is 5.02 Å². The van der Waals surface area contributed by atoms with Gasteiger partial charge in [0.15, 0.2) is 6.61 Å². The quantitative estimate of drug-likeness (QED) is 0.531. The van der Waals surface area contributed by atoms with Gasteiger partial charge in [-0.25, -0.2) is 13.8 Å². The maximum Gasteiger partial charge on any atom is 0.278 e. The molecule has 0 fully saturated rings. The molecule has 3 heterocycles. The third kappa shape index (κ3) is 6.35. The average Bonchev–Trinajstić information content (AvgIpc) is 3.05. The molecule has 0 aliphatic carbocycles. The summed E-state index contributed by atoms with van der Waals surface area (Å²) >= 11 is 6.09. The Labute approximate surface area is 193 Å². The summed E-state index contributed by atoms with van der Waals surface area (Å²) < 4.78 is 30.9. The number of nitrogens with one attached hydrogen (secondary N) is 2. The van der Waals surface area contributed by atoms with Crippen molar-refractivity contribution in [1.82, 2.24) is 25.5 Å². The normalized spacial score (nSPS) is 13.0. The number of carbonyl (C=O) groups is 3. The van der Waals surface area contributed by atoms with E-state index in [0.29, 0.717) is 16.7 Å². The Balaban J connectivity index is 1.67. The first-order valence-electron chi connectivity index (χ1n) is 10.00. The van der Waals surface area contributed by atoms with Crippen LogP contribution in [0.3, 0.4) is 0 Å². The highest BCUT2D eigenvalue weighted by molar-refractivity contribution is 6.31. The molecule has 1 aliphatic rings. The van der Waals surface area contributed by atoms with Gasteiger partial charge in [-0.3, -0.25) is 19.4 Å². The third-order valence-electron chi connectivity index (χ3n) is 4.62. The number of aromatic nitrogens is 2. The van der Waals surface area contributed by atoms with Crippen LogP contribution in [0, 0.1) is 0 Å². The molecule has 0 bridgehead atoms. The summed E-state index contributed by atoms with van der Waals surface area (Å²) in [6.07, 6.45) is 2.77. The second kappa shape index (κ2) is 10.1. The molecule has 0 atom stereocenters. The van der Waals surface area contributed by atoms with Gasteiger partial charge in [-0.2, -0.15) is 0 Å². The van der Waals surface area contributed by atoms with Gasteiger partial charge in [-0.05, 0) is 17.7 Å². The Morgan fingerprint density at radius 1 is 1.27 bits per heavy atom. The zero-order valence-electron chi connectivity index (χ0n) is 18.0. The van der Waals surface area contributed by atoms with E-state index in [0.717, 1.165) is 6.92 Å². The molecule has 2 aromatic heterocycles. The number of fused-ring (bicyclic) bond motifs is 1. The number of rotatable bonds is 9. The molecule has 3 rings (SSSR count). The fourth-order valence-corrected chi connectivity index (χ4v) is 3.42. The molecule has 0 radical (unpaired) electrons. The maximum atomic E-state index is 13.0. The van der Waals surface area contributed by atoms with Crippen molar-refractivity contribution in [2.45, 2.75) is 32.9 Å². The number of hydrogen-bond acceptors (Lipinski definition) is 6. The zero-order valence-corrected chi connectivity index (χ0v) is 18.7. The number of carbonyl (C=O) groups excluding carboxylic acids is 3. The van der Waals surface area contributed by atoms with Crippen molar-refractivity contribution in [2.75, 3.05) is 19.7 Å². The largest absolute Gasteiger partial charge is 0.470 e. The number of alkyl halides is 2. The summed E-state index contributed by atoms with van der Waals surface area (Å²) in [5.74, 6) is -4.10. The van der Waals surface area contributed by atoms with E-state index in [1.165, 1.54) is 30.3 Å². The van der Waals surface area contributed by atoms with E-state index in [1.807, 2.05) is 0 Å². The summed E-state index contributed by atoms with van der Waals surface area (Å²) in [5.41, 5.74) is 1.54. The van der Waals surface area contributed by atoms with Crippen molar-refractivity contribution in [3.63, 3.8) is 0 Å². The summed E-state index contributed by atoms with van der Waals surface area (Å²) in [4.78, 5) is 45.9. The van der Waals surface area contributed by atoms with Gasteiger partial charge in [0, 0.05) is 63.5 Å². The molecule has 176 valence electrons. The van der Waals surface area contributed by atoms with Crippen molar-refractivity contribution in [1.29, 1.82) is 0 Å². The number of hydrogen-bond donors (Lipinski definition) is 2. The lowest BCUT2D eigenvalue weighted by Gasteiger charge is -2.17. The second-order valence-electron chi connectivity index (χ2n) is 7.58. The molecule has 1 aliphatic heterocycles. The van der Waals surface area contributed by atoms with Gasteiger partial charge in [0.05, 0.1) is 0 Å². The molecule has 0 saturated carbocycles. The Morgan fingerprint density at radius 2 is 2.00 bits per heavy atom. The number of amides is 3. The zero-order chi connectivity index (χ0) is 24.2. The Bertz CT molecular complexity index is 1080. The summed E-state index contributed by atoms with van der Waals surface area (Å²) in [6, 6.07) is 3.03. The number of pyridine rings is 2. The monoisotopic (exact) mass is 481 g/mol. The second-order valence-corrected chi connectivity index (χ2v) is 7.98. The molecule has 0 unspecified atom stereocenters. The van der Waals surface area contributed by atoms with Gasteiger partial charge in [-0.1, -0.05) is 11.6 Å². The third-order valence-corrected chi connectivity index (χ3v) is 4.89. The fourth-order valence-electron chi connectivity index (χ4n) is 3.18. The lowest BCUT2D eigenvalue weighted by atomic mass is 10.1. The first-order valence-corrected chi connectivity index (χ1v) is 10.4. The van der Waals surface area contributed by atoms with Crippen LogP contribution in [-0.2, 0) is 17.9 Å². The Morgan fingerprint density at radius 3 is 2.67 bits per heavy atom. The molecule has 3 amide bonds. The van der Waals surface area contributed by atoms with Crippen LogP contribution in [0.1, 0.15) is 45.8 Å². The highest BCUT2D eigenvalue weighted by Crippen LogP contribution is 2.29. The average molecular weight is 482 g/mol. The van der Waals surface area contributed by atoms with E-state index in [4.69, 9.17) is 16.3 Å². The lowest BCUT2D eigenvalue weighted by molar-refractivity contribution is -0.118. The first kappa shape index (κ1) is 24.3. The predicted octanol–water partition coefficient (Wildman–Crippen LogP) is 2.19. The first-order chi connectivity index (χ1) is 15.5. The highest BCUT2D eigenvalue weighted by Gasteiger charge is 2.32. The molecule has 0 aromatic carbocycles. The summed E-state index contributed by atoms with van der Waals surface area (Å²) in [7, 11) is 0. The van der Waals surface area contributed by atoms with Crippen LogP contribution in [-0.4, -0.2) is 58.2 Å². The number of nitrogens with zero attached hydrogens (tertiary/aromatic N) is 3. The summed E-state index contributed by atoms with van der Waals surface area (Å²) in [5, 5.41) is 5.27. The number of halogens is 3. The molecular weight excluding hydrogens is 460 g/mol. The minimum atomic E-state index is -3.03. The molecule has 2 aromatic rings. The van der Waals surface area contributed by atoms with Crippen LogP contribution in [0.5, 0.6) is 5.88 Å². The smallest absolute Gasteiger partial charge is 0.278 e. The van der Waals surface area contributed by atoms with Crippen molar-refractivity contribution in [3.8, 4) is 5.88 Å². The highest BCUT2D eigenvalue weighted by atomic mass is 35.5. The molecule has 0 saturated heterocycles. The SMILES string of the molecule is CC(=O)NCCNC(=O)c1nccc2c1CN(Cc1cnc(OCC(C)(F)F)c(Cl)c1)C2=O. The van der Waals surface area contributed by atoms with Crippen LogP contribution < -0.4 is 15.4 Å². The Kier molecular flexibility index (Phi) is 7.42. The topological polar surface area (TPSA) is 114 Å². The van der Waals surface area contributed by atoms with Gasteiger partial charge in [0.1, 0.15) is 10.7 Å². The minimum Gasteiger partial charge on any atom is -0.470 e. The standard InChI is InChI=1S/C21H22ClF2N5O4/c1-12(30)25-5-6-27-18(31)17-15-10-29(20(32)14(15)3-4-26-17)9-13-7-16(22)19(28-8-13)33-11-21(2,23)24/h3-4,7-8H,5-6,9-11H2,1-2H3,(H,25,30)(H,27,31). The van der Waals surface area contributed by atoms with E-state index in [2.05, 4.69) is 20.6 Å². The number of ether oxygens (including phenoxy) is 1. The van der Waals surface area contributed by atoms with Crippen LogP contribution in [0.4, 0.5) is 8.78 Å².